The Kier molecular flexibility index (Phi) is 5.76. The zero-order chi connectivity index (χ0) is 17.6. The lowest BCUT2D eigenvalue weighted by Crippen LogP contribution is -2.26. The first-order chi connectivity index (χ1) is 12.1. The molecule has 1 heterocycles. The molecule has 0 saturated heterocycles. The van der Waals surface area contributed by atoms with Crippen molar-refractivity contribution >= 4 is 28.6 Å². The van der Waals surface area contributed by atoms with Gasteiger partial charge in [-0.2, -0.15) is 0 Å². The molecule has 5 heteroatoms. The van der Waals surface area contributed by atoms with Gasteiger partial charge in [-0.3, -0.25) is 4.79 Å². The minimum Gasteiger partial charge on any atom is -0.464 e. The third-order valence-electron chi connectivity index (χ3n) is 3.89. The first kappa shape index (κ1) is 17.5. The van der Waals surface area contributed by atoms with Crippen LogP contribution in [0.2, 0.25) is 0 Å². The van der Waals surface area contributed by atoms with Crippen LogP contribution in [0.4, 0.5) is 4.39 Å². The van der Waals surface area contributed by atoms with E-state index in [1.54, 1.807) is 30.2 Å². The van der Waals surface area contributed by atoms with Gasteiger partial charge in [-0.25, -0.2) is 4.39 Å². The van der Waals surface area contributed by atoms with Crippen LogP contribution in [-0.4, -0.2) is 18.2 Å². The number of fused-ring (bicyclic) bond motifs is 1. The van der Waals surface area contributed by atoms with Crippen LogP contribution in [0.5, 0.6) is 0 Å². The normalized spacial score (nSPS) is 11.0. The molecule has 3 rings (SSSR count). The first-order valence-corrected chi connectivity index (χ1v) is 9.22. The smallest absolute Gasteiger partial charge is 0.224 e. The number of rotatable bonds is 7. The zero-order valence-corrected chi connectivity index (χ0v) is 14.9. The number of furan rings is 1. The number of aryl methyl sites for hydroxylation is 1. The molecule has 0 saturated carbocycles. The van der Waals surface area contributed by atoms with Gasteiger partial charge in [-0.15, -0.1) is 11.8 Å². The third kappa shape index (κ3) is 4.86. The van der Waals surface area contributed by atoms with E-state index < -0.39 is 0 Å². The largest absolute Gasteiger partial charge is 0.464 e. The van der Waals surface area contributed by atoms with Gasteiger partial charge in [-0.05, 0) is 55.0 Å². The van der Waals surface area contributed by atoms with E-state index in [1.165, 1.54) is 12.1 Å². The summed E-state index contributed by atoms with van der Waals surface area (Å²) in [5.74, 6) is 0.647. The summed E-state index contributed by atoms with van der Waals surface area (Å²) in [4.78, 5) is 13.1. The lowest BCUT2D eigenvalue weighted by atomic mass is 10.1. The van der Waals surface area contributed by atoms with Crippen LogP contribution in [0.15, 0.2) is 58.0 Å². The van der Waals surface area contributed by atoms with Crippen LogP contribution in [0.1, 0.15) is 17.5 Å². The number of nitrogens with one attached hydrogen (secondary N) is 1. The first-order valence-electron chi connectivity index (χ1n) is 8.23. The van der Waals surface area contributed by atoms with E-state index in [0.717, 1.165) is 39.2 Å². The zero-order valence-electron chi connectivity index (χ0n) is 14.0. The quantitative estimate of drug-likeness (QED) is 0.491. The van der Waals surface area contributed by atoms with Gasteiger partial charge in [0.05, 0.1) is 12.7 Å². The average Bonchev–Trinajstić information content (AvgIpc) is 2.98. The molecule has 0 bridgehead atoms. The van der Waals surface area contributed by atoms with Crippen LogP contribution >= 0.6 is 11.8 Å². The summed E-state index contributed by atoms with van der Waals surface area (Å²) < 4.78 is 18.3. The Morgan fingerprint density at radius 1 is 1.20 bits per heavy atom. The van der Waals surface area contributed by atoms with E-state index in [0.29, 0.717) is 13.0 Å². The highest BCUT2D eigenvalue weighted by Gasteiger charge is 2.10. The minimum absolute atomic E-state index is 0.00458. The number of amides is 1. The Morgan fingerprint density at radius 3 is 2.80 bits per heavy atom. The summed E-state index contributed by atoms with van der Waals surface area (Å²) in [6.45, 7) is 2.64. The summed E-state index contributed by atoms with van der Waals surface area (Å²) in [6.07, 6.45) is 2.84. The number of benzene rings is 2. The molecule has 0 unspecified atom stereocenters. The predicted molar refractivity (Wildman–Crippen MR) is 99.4 cm³/mol. The van der Waals surface area contributed by atoms with Crippen molar-refractivity contribution in [2.24, 2.45) is 0 Å². The van der Waals surface area contributed by atoms with E-state index in [1.807, 2.05) is 25.1 Å². The number of thioether (sulfide) groups is 1. The van der Waals surface area contributed by atoms with Gasteiger partial charge >= 0.3 is 0 Å². The van der Waals surface area contributed by atoms with Crippen molar-refractivity contribution in [1.29, 1.82) is 0 Å². The second kappa shape index (κ2) is 8.21. The molecule has 2 aromatic carbocycles. The fourth-order valence-corrected chi connectivity index (χ4v) is 3.44. The van der Waals surface area contributed by atoms with Crippen molar-refractivity contribution in [2.45, 2.75) is 24.7 Å². The van der Waals surface area contributed by atoms with Crippen molar-refractivity contribution in [3.63, 3.8) is 0 Å². The molecule has 0 radical (unpaired) electrons. The fourth-order valence-electron chi connectivity index (χ4n) is 2.58. The van der Waals surface area contributed by atoms with Crippen molar-refractivity contribution in [3.05, 3.63) is 65.7 Å². The monoisotopic (exact) mass is 357 g/mol. The van der Waals surface area contributed by atoms with Gasteiger partial charge in [0.15, 0.2) is 0 Å². The van der Waals surface area contributed by atoms with Gasteiger partial charge in [0, 0.05) is 22.4 Å². The van der Waals surface area contributed by atoms with Crippen molar-refractivity contribution in [3.8, 4) is 0 Å². The number of hydrogen-bond donors (Lipinski definition) is 1. The molecule has 0 spiro atoms. The number of hydrogen-bond acceptors (Lipinski definition) is 3. The molecular formula is C20H20FNO2S. The predicted octanol–water partition coefficient (Wildman–Crippen LogP) is 4.72. The Bertz CT molecular complexity index is 858. The Labute approximate surface area is 150 Å². The van der Waals surface area contributed by atoms with Gasteiger partial charge in [0.2, 0.25) is 5.91 Å². The molecule has 0 aliphatic carbocycles. The molecule has 3 nitrogen and oxygen atoms in total. The van der Waals surface area contributed by atoms with E-state index in [4.69, 9.17) is 4.42 Å². The topological polar surface area (TPSA) is 42.2 Å². The van der Waals surface area contributed by atoms with E-state index in [2.05, 4.69) is 5.32 Å². The van der Waals surface area contributed by atoms with Gasteiger partial charge in [0.25, 0.3) is 0 Å². The standard InChI is InChI=1S/C20H20FNO2S/c1-14-3-8-18-15(13-24-19(18)11-14)12-20(23)22-9-2-10-25-17-6-4-16(21)5-7-17/h3-8,11,13H,2,9-10,12H2,1H3,(H,22,23). The Morgan fingerprint density at radius 2 is 2.00 bits per heavy atom. The number of carbonyl (C=O) groups excluding carboxylic acids is 1. The maximum absolute atomic E-state index is 12.8. The second-order valence-electron chi connectivity index (χ2n) is 5.94. The SMILES string of the molecule is Cc1ccc2c(CC(=O)NCCCSc3ccc(F)cc3)coc2c1. The fraction of sp³-hybridized carbons (Fsp3) is 0.250. The lowest BCUT2D eigenvalue weighted by molar-refractivity contribution is -0.120. The molecule has 1 N–H and O–H groups in total. The van der Waals surface area contributed by atoms with Crippen molar-refractivity contribution in [1.82, 2.24) is 5.32 Å². The van der Waals surface area contributed by atoms with Gasteiger partial charge < -0.3 is 9.73 Å². The minimum atomic E-state index is -0.224. The third-order valence-corrected chi connectivity index (χ3v) is 4.99. The molecule has 0 fully saturated rings. The highest BCUT2D eigenvalue weighted by Crippen LogP contribution is 2.22. The average molecular weight is 357 g/mol. The molecule has 1 aromatic heterocycles. The number of carbonyl (C=O) groups is 1. The molecule has 25 heavy (non-hydrogen) atoms. The van der Waals surface area contributed by atoms with Crippen molar-refractivity contribution in [2.75, 3.05) is 12.3 Å². The summed E-state index contributed by atoms with van der Waals surface area (Å²) in [7, 11) is 0. The highest BCUT2D eigenvalue weighted by atomic mass is 32.2. The number of halogens is 1. The molecule has 1 amide bonds. The van der Waals surface area contributed by atoms with E-state index in [9.17, 15) is 9.18 Å². The van der Waals surface area contributed by atoms with Crippen LogP contribution in [0, 0.1) is 12.7 Å². The lowest BCUT2D eigenvalue weighted by Gasteiger charge is -2.05. The summed E-state index contributed by atoms with van der Waals surface area (Å²) in [5, 5.41) is 3.93. The van der Waals surface area contributed by atoms with Crippen LogP contribution < -0.4 is 5.32 Å². The van der Waals surface area contributed by atoms with Crippen LogP contribution in [0.3, 0.4) is 0 Å². The van der Waals surface area contributed by atoms with Crippen LogP contribution in [-0.2, 0) is 11.2 Å². The Hall–Kier alpha value is -2.27. The molecule has 130 valence electrons. The molecule has 0 atom stereocenters. The highest BCUT2D eigenvalue weighted by molar-refractivity contribution is 7.99. The maximum atomic E-state index is 12.8. The summed E-state index contributed by atoms with van der Waals surface area (Å²) in [5.41, 5.74) is 2.86. The molecule has 0 aliphatic rings. The summed E-state index contributed by atoms with van der Waals surface area (Å²) in [6, 6.07) is 12.4. The molecule has 3 aromatic rings. The maximum Gasteiger partial charge on any atom is 0.224 e. The van der Waals surface area contributed by atoms with E-state index >= 15 is 0 Å². The Balaban J connectivity index is 1.41. The second-order valence-corrected chi connectivity index (χ2v) is 7.11. The molecular weight excluding hydrogens is 337 g/mol. The van der Waals surface area contributed by atoms with Crippen molar-refractivity contribution < 1.29 is 13.6 Å². The van der Waals surface area contributed by atoms with Gasteiger partial charge in [-0.1, -0.05) is 12.1 Å². The van der Waals surface area contributed by atoms with Crippen LogP contribution in [0.25, 0.3) is 11.0 Å². The van der Waals surface area contributed by atoms with E-state index in [-0.39, 0.29) is 11.7 Å². The molecule has 0 aliphatic heterocycles. The van der Waals surface area contributed by atoms with Gasteiger partial charge in [0.1, 0.15) is 11.4 Å². The summed E-state index contributed by atoms with van der Waals surface area (Å²) >= 11 is 1.66.